The van der Waals surface area contributed by atoms with Crippen LogP contribution in [0.5, 0.6) is 0 Å². The van der Waals surface area contributed by atoms with Crippen molar-refractivity contribution >= 4 is 33.1 Å². The van der Waals surface area contributed by atoms with Crippen LogP contribution in [0.1, 0.15) is 20.9 Å². The number of nitrogens with one attached hydrogen (secondary N) is 1. The third-order valence-corrected chi connectivity index (χ3v) is 4.85. The van der Waals surface area contributed by atoms with Crippen molar-refractivity contribution in [2.45, 2.75) is 13.3 Å². The Bertz CT molecular complexity index is 833. The van der Waals surface area contributed by atoms with Gasteiger partial charge in [0.15, 0.2) is 0 Å². The molecule has 1 aromatic carbocycles. The lowest BCUT2D eigenvalue weighted by atomic mass is 10.1. The quantitative estimate of drug-likeness (QED) is 0.727. The Labute approximate surface area is 125 Å². The summed E-state index contributed by atoms with van der Waals surface area (Å²) in [6, 6.07) is 8.85. The number of aromatic nitrogens is 1. The van der Waals surface area contributed by atoms with Crippen LogP contribution in [0.3, 0.4) is 0 Å². The monoisotopic (exact) mass is 300 g/mol. The summed E-state index contributed by atoms with van der Waals surface area (Å²) in [6.07, 6.45) is 0.701. The summed E-state index contributed by atoms with van der Waals surface area (Å²) < 4.78 is 15.1. The highest BCUT2D eigenvalue weighted by atomic mass is 32.1. The molecule has 0 aliphatic carbocycles. The minimum Gasteiger partial charge on any atom is -0.350 e. The van der Waals surface area contributed by atoms with E-state index in [2.05, 4.69) is 4.98 Å². The number of amides is 1. The van der Waals surface area contributed by atoms with Gasteiger partial charge in [-0.1, -0.05) is 12.1 Å². The van der Waals surface area contributed by atoms with E-state index in [1.165, 1.54) is 15.8 Å². The molecule has 1 aliphatic heterocycles. The maximum absolute atomic E-state index is 14.0. The number of hydrogen-bond acceptors (Lipinski definition) is 2. The molecule has 3 nitrogen and oxygen atoms in total. The van der Waals surface area contributed by atoms with Crippen LogP contribution in [0.4, 0.5) is 10.1 Å². The summed E-state index contributed by atoms with van der Waals surface area (Å²) in [5.74, 6) is -0.498. The number of carbonyl (C=O) groups excluding carboxylic acids is 1. The molecule has 3 heterocycles. The SMILES string of the molecule is Cc1cc2[nH]c(C(=O)N3CCc4cccc(F)c43)cc2s1. The van der Waals surface area contributed by atoms with Gasteiger partial charge in [-0.05, 0) is 37.1 Å². The lowest BCUT2D eigenvalue weighted by Crippen LogP contribution is -2.29. The Morgan fingerprint density at radius 3 is 3.05 bits per heavy atom. The van der Waals surface area contributed by atoms with Gasteiger partial charge < -0.3 is 9.88 Å². The number of aryl methyl sites for hydroxylation is 1. The van der Waals surface area contributed by atoms with Crippen molar-refractivity contribution in [3.05, 3.63) is 52.3 Å². The first kappa shape index (κ1) is 12.6. The van der Waals surface area contributed by atoms with Crippen LogP contribution >= 0.6 is 11.3 Å². The number of carbonyl (C=O) groups is 1. The molecule has 1 N–H and O–H groups in total. The molecule has 4 rings (SSSR count). The second-order valence-electron chi connectivity index (χ2n) is 5.27. The molecule has 0 saturated heterocycles. The minimum atomic E-state index is -0.331. The van der Waals surface area contributed by atoms with Crippen molar-refractivity contribution in [3.8, 4) is 0 Å². The third kappa shape index (κ3) is 1.88. The zero-order valence-electron chi connectivity index (χ0n) is 11.4. The van der Waals surface area contributed by atoms with Crippen LogP contribution in [-0.4, -0.2) is 17.4 Å². The zero-order valence-corrected chi connectivity index (χ0v) is 12.3. The Morgan fingerprint density at radius 1 is 1.38 bits per heavy atom. The number of para-hydroxylation sites is 1. The summed E-state index contributed by atoms with van der Waals surface area (Å²) in [6.45, 7) is 2.56. The number of H-pyrrole nitrogens is 1. The fourth-order valence-electron chi connectivity index (χ4n) is 2.92. The summed E-state index contributed by atoms with van der Waals surface area (Å²) >= 11 is 1.65. The molecule has 106 valence electrons. The first-order chi connectivity index (χ1) is 10.1. The third-order valence-electron chi connectivity index (χ3n) is 3.85. The molecule has 0 bridgehead atoms. The lowest BCUT2D eigenvalue weighted by Gasteiger charge is -2.16. The van der Waals surface area contributed by atoms with Crippen LogP contribution in [0, 0.1) is 12.7 Å². The van der Waals surface area contributed by atoms with Gasteiger partial charge in [-0.15, -0.1) is 11.3 Å². The normalized spacial score (nSPS) is 13.9. The van der Waals surface area contributed by atoms with Crippen molar-refractivity contribution < 1.29 is 9.18 Å². The molecular weight excluding hydrogens is 287 g/mol. The Kier molecular flexibility index (Phi) is 2.65. The van der Waals surface area contributed by atoms with E-state index in [4.69, 9.17) is 0 Å². The van der Waals surface area contributed by atoms with E-state index in [-0.39, 0.29) is 11.7 Å². The van der Waals surface area contributed by atoms with Gasteiger partial charge in [0.25, 0.3) is 5.91 Å². The average Bonchev–Trinajstić information content (AvgIpc) is 3.10. The van der Waals surface area contributed by atoms with Gasteiger partial charge in [-0.25, -0.2) is 4.39 Å². The number of hydrogen-bond donors (Lipinski definition) is 1. The second kappa shape index (κ2) is 4.43. The average molecular weight is 300 g/mol. The first-order valence-electron chi connectivity index (χ1n) is 6.82. The number of benzene rings is 1. The van der Waals surface area contributed by atoms with E-state index in [1.807, 2.05) is 25.1 Å². The van der Waals surface area contributed by atoms with Crippen LogP contribution < -0.4 is 4.90 Å². The highest BCUT2D eigenvalue weighted by molar-refractivity contribution is 7.19. The topological polar surface area (TPSA) is 36.1 Å². The van der Waals surface area contributed by atoms with Crippen LogP contribution in [0.25, 0.3) is 10.2 Å². The van der Waals surface area contributed by atoms with Crippen molar-refractivity contribution in [2.75, 3.05) is 11.4 Å². The van der Waals surface area contributed by atoms with Crippen LogP contribution in [0.2, 0.25) is 0 Å². The summed E-state index contributed by atoms with van der Waals surface area (Å²) in [4.78, 5) is 18.5. The summed E-state index contributed by atoms with van der Waals surface area (Å²) in [7, 11) is 0. The molecule has 0 spiro atoms. The van der Waals surface area contributed by atoms with Crippen molar-refractivity contribution in [3.63, 3.8) is 0 Å². The number of aromatic amines is 1. The predicted molar refractivity (Wildman–Crippen MR) is 82.7 cm³/mol. The number of thiophene rings is 1. The zero-order chi connectivity index (χ0) is 14.6. The molecule has 0 atom stereocenters. The molecule has 0 radical (unpaired) electrons. The number of halogens is 1. The summed E-state index contributed by atoms with van der Waals surface area (Å²) in [5.41, 5.74) is 2.81. The highest BCUT2D eigenvalue weighted by Crippen LogP contribution is 2.33. The molecule has 0 fully saturated rings. The molecular formula is C16H13FN2OS. The standard InChI is InChI=1S/C16H13FN2OS/c1-9-7-12-14(21-9)8-13(18-12)16(20)19-6-5-10-3-2-4-11(17)15(10)19/h2-4,7-8,18H,5-6H2,1H3. The number of fused-ring (bicyclic) bond motifs is 2. The molecule has 1 amide bonds. The van der Waals surface area contributed by atoms with Crippen molar-refractivity contribution in [1.29, 1.82) is 0 Å². The van der Waals surface area contributed by atoms with Gasteiger partial charge >= 0.3 is 0 Å². The van der Waals surface area contributed by atoms with E-state index >= 15 is 0 Å². The van der Waals surface area contributed by atoms with E-state index in [0.717, 1.165) is 15.8 Å². The van der Waals surface area contributed by atoms with E-state index in [0.29, 0.717) is 24.3 Å². The Morgan fingerprint density at radius 2 is 2.24 bits per heavy atom. The maximum atomic E-state index is 14.0. The molecule has 2 aromatic heterocycles. The van der Waals surface area contributed by atoms with Gasteiger partial charge in [-0.2, -0.15) is 0 Å². The second-order valence-corrected chi connectivity index (χ2v) is 6.56. The fraction of sp³-hybridized carbons (Fsp3) is 0.188. The number of rotatable bonds is 1. The fourth-order valence-corrected chi connectivity index (χ4v) is 3.84. The molecule has 5 heteroatoms. The lowest BCUT2D eigenvalue weighted by molar-refractivity contribution is 0.0984. The molecule has 3 aromatic rings. The number of anilines is 1. The van der Waals surface area contributed by atoms with Gasteiger partial charge in [0.2, 0.25) is 0 Å². The van der Waals surface area contributed by atoms with Crippen molar-refractivity contribution in [2.24, 2.45) is 0 Å². The van der Waals surface area contributed by atoms with Crippen LogP contribution in [-0.2, 0) is 6.42 Å². The number of nitrogens with zero attached hydrogens (tertiary/aromatic N) is 1. The molecule has 21 heavy (non-hydrogen) atoms. The van der Waals surface area contributed by atoms with E-state index in [1.54, 1.807) is 17.4 Å². The smallest absolute Gasteiger partial charge is 0.274 e. The molecule has 1 aliphatic rings. The highest BCUT2D eigenvalue weighted by Gasteiger charge is 2.29. The maximum Gasteiger partial charge on any atom is 0.274 e. The predicted octanol–water partition coefficient (Wildman–Crippen LogP) is 3.88. The first-order valence-corrected chi connectivity index (χ1v) is 7.63. The van der Waals surface area contributed by atoms with Gasteiger partial charge in [-0.3, -0.25) is 4.79 Å². The van der Waals surface area contributed by atoms with E-state index in [9.17, 15) is 9.18 Å². The summed E-state index contributed by atoms with van der Waals surface area (Å²) in [5, 5.41) is 0. The van der Waals surface area contributed by atoms with Crippen LogP contribution in [0.15, 0.2) is 30.3 Å². The largest absolute Gasteiger partial charge is 0.350 e. The van der Waals surface area contributed by atoms with Gasteiger partial charge in [0, 0.05) is 11.4 Å². The Balaban J connectivity index is 1.74. The van der Waals surface area contributed by atoms with Gasteiger partial charge in [0.1, 0.15) is 11.5 Å². The van der Waals surface area contributed by atoms with Gasteiger partial charge in [0.05, 0.1) is 15.9 Å². The molecule has 0 saturated carbocycles. The van der Waals surface area contributed by atoms with Crippen molar-refractivity contribution in [1.82, 2.24) is 4.98 Å². The molecule has 0 unspecified atom stereocenters. The minimum absolute atomic E-state index is 0.167. The Hall–Kier alpha value is -2.14. The van der Waals surface area contributed by atoms with E-state index < -0.39 is 0 Å².